The molecule has 0 aliphatic carbocycles. The maximum Gasteiger partial charge on any atom is 0.329 e. The van der Waals surface area contributed by atoms with Crippen LogP contribution in [0.1, 0.15) is 90.8 Å². The molecule has 3 amide bonds. The van der Waals surface area contributed by atoms with Gasteiger partial charge in [-0.15, -0.1) is 0 Å². The molecule has 0 spiro atoms. The van der Waals surface area contributed by atoms with Crippen LogP contribution in [-0.2, 0) is 52.8 Å². The summed E-state index contributed by atoms with van der Waals surface area (Å²) in [6, 6.07) is 21.5. The second kappa shape index (κ2) is 23.7. The van der Waals surface area contributed by atoms with Crippen LogP contribution < -0.4 is 20.1 Å². The number of nitrogens with zero attached hydrogens (tertiary/aromatic N) is 1. The van der Waals surface area contributed by atoms with Gasteiger partial charge in [-0.25, -0.2) is 9.59 Å². The summed E-state index contributed by atoms with van der Waals surface area (Å²) in [6.45, 7) is 14.8. The highest BCUT2D eigenvalue weighted by Gasteiger charge is 2.36. The fourth-order valence-corrected chi connectivity index (χ4v) is 6.79. The Morgan fingerprint density at radius 3 is 1.92 bits per heavy atom. The molecule has 1 aliphatic rings. The van der Waals surface area contributed by atoms with E-state index < -0.39 is 35.9 Å². The average molecular weight is 844 g/mol. The number of ketones is 2. The van der Waals surface area contributed by atoms with Crippen molar-refractivity contribution in [3.05, 3.63) is 95.6 Å². The second-order valence-corrected chi connectivity index (χ2v) is 17.4. The molecule has 3 aromatic carbocycles. The van der Waals surface area contributed by atoms with Crippen molar-refractivity contribution in [2.45, 2.75) is 117 Å². The molecule has 13 heteroatoms. The number of amides is 3. The zero-order valence-corrected chi connectivity index (χ0v) is 37.0. The Morgan fingerprint density at radius 1 is 0.738 bits per heavy atom. The number of ether oxygens (including phenoxy) is 5. The molecule has 3 atom stereocenters. The Hall–Kier alpha value is -5.27. The lowest BCUT2D eigenvalue weighted by atomic mass is 9.93. The zero-order chi connectivity index (χ0) is 44.4. The summed E-state index contributed by atoms with van der Waals surface area (Å²) in [7, 11) is 0. The lowest BCUT2D eigenvalue weighted by Crippen LogP contribution is -2.53. The highest BCUT2D eigenvalue weighted by Crippen LogP contribution is 2.23. The van der Waals surface area contributed by atoms with E-state index in [2.05, 4.69) is 10.6 Å². The van der Waals surface area contributed by atoms with Gasteiger partial charge in [-0.3, -0.25) is 14.4 Å². The fraction of sp³-hybridized carbons (Fsp3) is 0.521. The quantitative estimate of drug-likeness (QED) is 0.0767. The van der Waals surface area contributed by atoms with E-state index >= 15 is 0 Å². The summed E-state index contributed by atoms with van der Waals surface area (Å²) in [6.07, 6.45) is 2.12. The lowest BCUT2D eigenvalue weighted by molar-refractivity contribution is -0.147. The van der Waals surface area contributed by atoms with Crippen molar-refractivity contribution in [1.82, 2.24) is 15.5 Å². The van der Waals surface area contributed by atoms with Gasteiger partial charge in [0.05, 0.1) is 25.8 Å². The second-order valence-electron chi connectivity index (χ2n) is 17.4. The molecule has 13 nitrogen and oxygen atoms in total. The van der Waals surface area contributed by atoms with Crippen molar-refractivity contribution in [3.8, 4) is 11.5 Å². The summed E-state index contributed by atoms with van der Waals surface area (Å²) < 4.78 is 28.5. The van der Waals surface area contributed by atoms with Crippen LogP contribution in [0.15, 0.2) is 78.9 Å². The maximum atomic E-state index is 13.9. The Balaban J connectivity index is 1.41. The Bertz CT molecular complexity index is 1850. The van der Waals surface area contributed by atoms with Crippen molar-refractivity contribution in [2.75, 3.05) is 39.5 Å². The first-order valence-corrected chi connectivity index (χ1v) is 21.3. The first kappa shape index (κ1) is 48.4. The predicted octanol–water partition coefficient (Wildman–Crippen LogP) is 6.82. The molecule has 1 saturated heterocycles. The normalized spacial score (nSPS) is 15.1. The highest BCUT2D eigenvalue weighted by atomic mass is 16.5. The van der Waals surface area contributed by atoms with Crippen LogP contribution in [0.25, 0.3) is 0 Å². The molecule has 4 rings (SSSR count). The standard InChI is InChI=1S/C48H65N3O10/c1-8-25-57-26-27-58-33-38(52)30-37(28-34-16-20-39(21-17-34)60-47(2,3)4)44(54)49-31-43(53)42-15-12-24-51(42)46(56)50-41(45(55)59-32-36-13-10-9-11-14-36)29-35-18-22-40(23-19-35)61-48(5,6)7/h9-11,13-14,16-23,37,41-42H,8,12,15,24-33H2,1-7H3,(H,49,54)(H,50,56)/t37-,41+,42?/m1/s1. The van der Waals surface area contributed by atoms with Gasteiger partial charge in [0.25, 0.3) is 0 Å². The molecule has 332 valence electrons. The van der Waals surface area contributed by atoms with E-state index in [1.54, 1.807) is 0 Å². The molecule has 0 aromatic heterocycles. The van der Waals surface area contributed by atoms with E-state index in [1.807, 2.05) is 127 Å². The summed E-state index contributed by atoms with van der Waals surface area (Å²) in [5, 5.41) is 5.59. The Kier molecular flexibility index (Phi) is 18.8. The van der Waals surface area contributed by atoms with Gasteiger partial charge in [0, 0.05) is 31.9 Å². The number of Topliss-reactive ketones (excluding diaryl/α,β-unsaturated/α-hetero) is 2. The predicted molar refractivity (Wildman–Crippen MR) is 232 cm³/mol. The molecule has 1 heterocycles. The topological polar surface area (TPSA) is 159 Å². The van der Waals surface area contributed by atoms with E-state index in [0.717, 1.165) is 23.1 Å². The zero-order valence-electron chi connectivity index (χ0n) is 37.0. The van der Waals surface area contributed by atoms with Crippen LogP contribution >= 0.6 is 0 Å². The van der Waals surface area contributed by atoms with Crippen molar-refractivity contribution < 1.29 is 47.7 Å². The maximum absolute atomic E-state index is 13.9. The first-order chi connectivity index (χ1) is 29.0. The minimum Gasteiger partial charge on any atom is -0.488 e. The van der Waals surface area contributed by atoms with Gasteiger partial charge >= 0.3 is 12.0 Å². The summed E-state index contributed by atoms with van der Waals surface area (Å²) in [5.74, 6) is -1.12. The van der Waals surface area contributed by atoms with Crippen LogP contribution in [0.4, 0.5) is 4.79 Å². The van der Waals surface area contributed by atoms with Gasteiger partial charge in [-0.1, -0.05) is 61.5 Å². The van der Waals surface area contributed by atoms with E-state index in [-0.39, 0.29) is 74.9 Å². The summed E-state index contributed by atoms with van der Waals surface area (Å²) in [4.78, 5) is 69.3. The van der Waals surface area contributed by atoms with E-state index in [1.165, 1.54) is 4.90 Å². The fourth-order valence-electron chi connectivity index (χ4n) is 6.79. The smallest absolute Gasteiger partial charge is 0.329 e. The van der Waals surface area contributed by atoms with Crippen LogP contribution in [0.2, 0.25) is 0 Å². The van der Waals surface area contributed by atoms with Gasteiger partial charge in [0.2, 0.25) is 5.91 Å². The Morgan fingerprint density at radius 2 is 1.33 bits per heavy atom. The molecule has 1 aliphatic heterocycles. The van der Waals surface area contributed by atoms with Crippen molar-refractivity contribution in [1.29, 1.82) is 0 Å². The monoisotopic (exact) mass is 843 g/mol. The summed E-state index contributed by atoms with van der Waals surface area (Å²) in [5.41, 5.74) is 1.62. The van der Waals surface area contributed by atoms with Crippen molar-refractivity contribution in [3.63, 3.8) is 0 Å². The number of carbonyl (C=O) groups is 5. The third-order valence-corrected chi connectivity index (χ3v) is 9.57. The van der Waals surface area contributed by atoms with Crippen LogP contribution in [0.5, 0.6) is 11.5 Å². The molecule has 61 heavy (non-hydrogen) atoms. The number of hydrogen-bond donors (Lipinski definition) is 2. The molecule has 3 aromatic rings. The van der Waals surface area contributed by atoms with E-state index in [0.29, 0.717) is 37.6 Å². The number of rotatable bonds is 23. The molecule has 0 bridgehead atoms. The van der Waals surface area contributed by atoms with Gasteiger partial charge in [0.15, 0.2) is 11.6 Å². The third kappa shape index (κ3) is 17.7. The highest BCUT2D eigenvalue weighted by molar-refractivity contribution is 5.95. The van der Waals surface area contributed by atoms with Crippen LogP contribution in [-0.4, -0.2) is 97.2 Å². The first-order valence-electron chi connectivity index (χ1n) is 21.3. The van der Waals surface area contributed by atoms with E-state index in [4.69, 9.17) is 23.7 Å². The molecule has 1 unspecified atom stereocenters. The van der Waals surface area contributed by atoms with Gasteiger partial charge in [-0.05, 0) is 108 Å². The van der Waals surface area contributed by atoms with Crippen LogP contribution in [0.3, 0.4) is 0 Å². The Labute approximate surface area is 361 Å². The average Bonchev–Trinajstić information content (AvgIpc) is 3.71. The van der Waals surface area contributed by atoms with Gasteiger partial charge < -0.3 is 39.2 Å². The SMILES string of the molecule is CCCOCCOCC(=O)C[C@@H](Cc1ccc(OC(C)(C)C)cc1)C(=O)NCC(=O)C1CCCN1C(=O)N[C@@H](Cc1ccc(OC(C)(C)C)cc1)C(=O)OCc1ccccc1. The number of carbonyl (C=O) groups excluding carboxylic acids is 5. The van der Waals surface area contributed by atoms with Crippen molar-refractivity contribution in [2.24, 2.45) is 5.92 Å². The number of benzene rings is 3. The molecule has 0 saturated carbocycles. The largest absolute Gasteiger partial charge is 0.488 e. The number of likely N-dealkylation sites (tertiary alicyclic amines) is 1. The van der Waals surface area contributed by atoms with Crippen LogP contribution in [0, 0.1) is 5.92 Å². The molecule has 1 fully saturated rings. The third-order valence-electron chi connectivity index (χ3n) is 9.57. The number of urea groups is 1. The summed E-state index contributed by atoms with van der Waals surface area (Å²) >= 11 is 0. The van der Waals surface area contributed by atoms with Crippen molar-refractivity contribution >= 4 is 29.5 Å². The minimum absolute atomic E-state index is 0.0273. The minimum atomic E-state index is -1.05. The number of esters is 1. The van der Waals surface area contributed by atoms with Gasteiger partial charge in [0.1, 0.15) is 42.0 Å². The molecule has 2 N–H and O–H groups in total. The van der Waals surface area contributed by atoms with E-state index in [9.17, 15) is 24.0 Å². The molecule has 0 radical (unpaired) electrons. The number of hydrogen-bond acceptors (Lipinski definition) is 10. The lowest BCUT2D eigenvalue weighted by Gasteiger charge is -2.27. The number of nitrogens with one attached hydrogen (secondary N) is 2. The molecular formula is C48H65N3O10. The molecular weight excluding hydrogens is 779 g/mol. The van der Waals surface area contributed by atoms with Gasteiger partial charge in [-0.2, -0.15) is 0 Å².